The molecule has 138 heavy (non-hydrogen) atoms. The summed E-state index contributed by atoms with van der Waals surface area (Å²) in [4.78, 5) is 139. The predicted octanol–water partition coefficient (Wildman–Crippen LogP) is 21.7. The standard InChI is InChI=1S/C21H28FNO4.C20H29FO2S.C19H26FNO4.C19H27FO3S.C15H20FNO2S.C14H18FNO2/c1-7-8-16(25)13-21(6,23-19(26)27-20(3,4)5)17-12-15(11-14(2)24)9-10-18(17)22;1-14(2)12-20(7,13-24(23)19(4,5)6)17-11-16(10-15(3)22)8-9-18(17)21;1-12(22)9-14-7-8-16(20)15(10-14)19(6,11-13(2)23)21-17(24)25-18(3,4)5;1-13(21)9-15-7-8-17(20)16(10-15)19(6,11-14(2)22)12-24(23)18(3,4)5;1-10(18)8-12-6-7-14(16)13(9-12)11(2)17-20(19)15(3,4)5;1-9(17)6-11-4-5-13(15)12(7-11)14(3,16)8-10(2)18/h7-10,12H,11,13H2,1-6H3,(H,23,26);8-9,11H,1,10,12-13H2,2-7H3;7-8,10H,9,11H2,1-6H3,(H,21,24);7-8,10H,9,11-12H2,1-6H3;6-7,9H,8H2,1-5H3;4-5,7H,6,8,16H2,1-3H3/b8-7+;;;;;/t21-;20-,24+;19-;19-,24+;20-;14-/m010110/s1. The number of nitrogens with one attached hydrogen (secondary N) is 2. The Morgan fingerprint density at radius 1 is 0.355 bits per heavy atom. The number of ether oxygens (including phenoxy) is 2. The number of carbonyl (C=O) groups is 12. The zero-order chi connectivity index (χ0) is 107. The molecule has 8 atom stereocenters. The topological polar surface area (TPSA) is 337 Å². The first-order chi connectivity index (χ1) is 62.7. The van der Waals surface area contributed by atoms with Crippen LogP contribution < -0.4 is 16.4 Å². The lowest BCUT2D eigenvalue weighted by molar-refractivity contribution is -0.119. The number of ketones is 10. The van der Waals surface area contributed by atoms with E-state index in [4.69, 9.17) is 15.2 Å². The van der Waals surface area contributed by atoms with Gasteiger partial charge in [0.05, 0.1) is 21.5 Å². The Morgan fingerprint density at radius 3 is 0.899 bits per heavy atom. The van der Waals surface area contributed by atoms with Gasteiger partial charge in [0.25, 0.3) is 0 Å². The van der Waals surface area contributed by atoms with Gasteiger partial charge in [0.15, 0.2) is 5.78 Å². The summed E-state index contributed by atoms with van der Waals surface area (Å²) in [7, 11) is -3.80. The van der Waals surface area contributed by atoms with Crippen molar-refractivity contribution in [1.82, 2.24) is 10.6 Å². The van der Waals surface area contributed by atoms with Gasteiger partial charge in [-0.3, -0.25) is 56.4 Å². The van der Waals surface area contributed by atoms with Crippen LogP contribution in [0.4, 0.5) is 35.9 Å². The van der Waals surface area contributed by atoms with Crippen LogP contribution >= 0.6 is 0 Å². The molecule has 762 valence electrons. The van der Waals surface area contributed by atoms with Crippen LogP contribution in [0.5, 0.6) is 0 Å². The van der Waals surface area contributed by atoms with Crippen molar-refractivity contribution in [2.75, 3.05) is 11.5 Å². The molecule has 2 amide bonds. The average Bonchev–Trinajstić information content (AvgIpc) is 0.789. The maximum atomic E-state index is 14.6. The van der Waals surface area contributed by atoms with Crippen LogP contribution in [0.15, 0.2) is 138 Å². The number of nitrogens with two attached hydrogens (primary N) is 1. The van der Waals surface area contributed by atoms with Crippen molar-refractivity contribution in [3.8, 4) is 0 Å². The number of amides is 2. The van der Waals surface area contributed by atoms with Crippen molar-refractivity contribution < 1.29 is 106 Å². The second-order valence-corrected chi connectivity index (χ2v) is 48.1. The number of alkyl carbamates (subject to hydrolysis) is 2. The molecule has 0 aromatic heterocycles. The highest BCUT2D eigenvalue weighted by Gasteiger charge is 2.41. The first-order valence-electron chi connectivity index (χ1n) is 45.3. The van der Waals surface area contributed by atoms with Gasteiger partial charge in [-0.2, -0.15) is 4.40 Å². The van der Waals surface area contributed by atoms with E-state index in [2.05, 4.69) is 21.6 Å². The Labute approximate surface area is 821 Å². The van der Waals surface area contributed by atoms with Gasteiger partial charge in [0.2, 0.25) is 0 Å². The third kappa shape index (κ3) is 46.2. The van der Waals surface area contributed by atoms with Crippen molar-refractivity contribution in [2.45, 2.75) is 345 Å². The van der Waals surface area contributed by atoms with Gasteiger partial charge in [-0.05, 0) is 307 Å². The van der Waals surface area contributed by atoms with E-state index in [1.54, 1.807) is 138 Å². The van der Waals surface area contributed by atoms with E-state index in [0.29, 0.717) is 56.8 Å². The van der Waals surface area contributed by atoms with Crippen LogP contribution in [0.1, 0.15) is 320 Å². The number of allylic oxidation sites excluding steroid dienone is 3. The summed E-state index contributed by atoms with van der Waals surface area (Å²) in [6, 6.07) is 26.8. The molecule has 6 rings (SSSR count). The van der Waals surface area contributed by atoms with Gasteiger partial charge in [-0.15, -0.1) is 6.58 Å². The summed E-state index contributed by atoms with van der Waals surface area (Å²) in [5, 5.41) is 5.25. The minimum absolute atomic E-state index is 0.00199. The molecule has 4 N–H and O–H groups in total. The fourth-order valence-electron chi connectivity index (χ4n) is 14.5. The molecule has 0 radical (unpaired) electrons. The molecule has 6 aromatic carbocycles. The molecule has 0 heterocycles. The van der Waals surface area contributed by atoms with Crippen molar-refractivity contribution in [2.24, 2.45) is 10.1 Å². The quantitative estimate of drug-likeness (QED) is 0.0142. The second-order valence-electron chi connectivity index (χ2n) is 41.8. The summed E-state index contributed by atoms with van der Waals surface area (Å²) in [5.74, 6) is -3.00. The Balaban J connectivity index is 0.000000831. The SMILES string of the molecule is C/C=C/C(=O)C[C@](C)(NC(=O)OC(C)(C)C)c1cc(CC(C)=O)ccc1F.C=C(C)C[C@](C)(C[S@](=O)C(C)(C)C)c1cc(CC(C)=O)ccc1F.CC(=O)Cc1ccc(F)c(C(C)=N[S@](=O)C(C)(C)C)c1.CC(=O)Cc1ccc(F)c([C@@](C)(N)CC(C)=O)c1.CC(=O)Cc1ccc(F)c([C@](C)(CC(C)=O)C[S@](=O)C(C)(C)C)c1.CC(=O)Cc1ccc(F)c([C@](C)(CC(C)=O)NC(=O)OC(C)(C)C)c1. The molecular weight excluding hydrogens is 1840 g/mol. The van der Waals surface area contributed by atoms with Gasteiger partial charge in [0.1, 0.15) is 109 Å². The molecule has 0 spiro atoms. The summed E-state index contributed by atoms with van der Waals surface area (Å²) >= 11 is 0. The molecule has 0 saturated heterocycles. The summed E-state index contributed by atoms with van der Waals surface area (Å²) in [5.41, 5.74) is 6.50. The van der Waals surface area contributed by atoms with Crippen LogP contribution in [0, 0.1) is 34.9 Å². The smallest absolute Gasteiger partial charge is 0.408 e. The van der Waals surface area contributed by atoms with E-state index in [1.165, 1.54) is 129 Å². The van der Waals surface area contributed by atoms with E-state index in [0.717, 1.165) is 16.7 Å². The number of hydrogen-bond acceptors (Lipinski definition) is 18. The van der Waals surface area contributed by atoms with Crippen molar-refractivity contribution in [3.05, 3.63) is 235 Å². The number of nitrogens with zero attached hydrogens (tertiary/aromatic N) is 1. The molecule has 30 heteroatoms. The average molecular weight is 1980 g/mol. The van der Waals surface area contributed by atoms with Gasteiger partial charge in [0, 0.05) is 145 Å². The third-order valence-corrected chi connectivity index (χ3v) is 26.4. The number of benzene rings is 6. The van der Waals surface area contributed by atoms with Crippen molar-refractivity contribution in [1.29, 1.82) is 0 Å². The molecule has 0 fully saturated rings. The number of halogens is 6. The largest absolute Gasteiger partial charge is 0.444 e. The van der Waals surface area contributed by atoms with Gasteiger partial charge in [-0.25, -0.2) is 40.1 Å². The van der Waals surface area contributed by atoms with Crippen LogP contribution in [-0.4, -0.2) is 125 Å². The predicted molar refractivity (Wildman–Crippen MR) is 540 cm³/mol. The normalized spacial score (nSPS) is 14.5. The molecule has 0 aliphatic carbocycles. The number of carbonyl (C=O) groups excluding carboxylic acids is 12. The second kappa shape index (κ2) is 53.9. The van der Waals surface area contributed by atoms with Crippen LogP contribution in [0.2, 0.25) is 0 Å². The van der Waals surface area contributed by atoms with Gasteiger partial charge in [-0.1, -0.05) is 92.2 Å². The van der Waals surface area contributed by atoms with E-state index in [1.807, 2.05) is 76.2 Å². The van der Waals surface area contributed by atoms with Crippen LogP contribution in [0.3, 0.4) is 0 Å². The zero-order valence-corrected chi connectivity index (χ0v) is 89.4. The summed E-state index contributed by atoms with van der Waals surface area (Å²) in [6.45, 7) is 57.8. The first-order valence-corrected chi connectivity index (χ1v) is 49.0. The Morgan fingerprint density at radius 2 is 0.623 bits per heavy atom. The minimum atomic E-state index is -1.44. The lowest BCUT2D eigenvalue weighted by Crippen LogP contribution is -2.47. The van der Waals surface area contributed by atoms with Gasteiger partial charge < -0.3 is 25.8 Å². The fourth-order valence-corrected chi connectivity index (χ4v) is 17.6. The Hall–Kier alpha value is -10.3. The van der Waals surface area contributed by atoms with E-state index >= 15 is 0 Å². The monoisotopic (exact) mass is 1980 g/mol. The fraction of sp³-hybridized carbons (Fsp3) is 0.509. The number of Topliss-reactive ketones (excluding diaryl/α,β-unsaturated/α-hetero) is 9. The Kier molecular flexibility index (Phi) is 49.1. The van der Waals surface area contributed by atoms with E-state index < -0.39 is 122 Å². The van der Waals surface area contributed by atoms with Crippen molar-refractivity contribution in [3.63, 3.8) is 0 Å². The lowest BCUT2D eigenvalue weighted by atomic mass is 9.78. The van der Waals surface area contributed by atoms with E-state index in [-0.39, 0.29) is 155 Å². The van der Waals surface area contributed by atoms with Crippen LogP contribution in [-0.2, 0) is 156 Å². The first kappa shape index (κ1) is 126. The molecule has 0 aliphatic heterocycles. The van der Waals surface area contributed by atoms with Crippen molar-refractivity contribution >= 4 is 108 Å². The Bertz CT molecular complexity index is 5420. The van der Waals surface area contributed by atoms with Crippen LogP contribution in [0.25, 0.3) is 0 Å². The molecule has 21 nitrogen and oxygen atoms in total. The number of rotatable bonds is 36. The molecule has 6 aromatic rings. The minimum Gasteiger partial charge on any atom is -0.444 e. The molecule has 0 bridgehead atoms. The third-order valence-electron chi connectivity index (χ3n) is 20.4. The zero-order valence-electron chi connectivity index (χ0n) is 86.9. The molecular formula is C108H148F6N4O17S3. The highest BCUT2D eigenvalue weighted by Crippen LogP contribution is 2.39. The highest BCUT2D eigenvalue weighted by molar-refractivity contribution is 7.86. The van der Waals surface area contributed by atoms with Gasteiger partial charge >= 0.3 is 12.2 Å². The molecule has 0 aliphatic rings. The van der Waals surface area contributed by atoms with E-state index in [9.17, 15) is 96.5 Å². The maximum Gasteiger partial charge on any atom is 0.408 e. The molecule has 0 saturated carbocycles. The summed E-state index contributed by atoms with van der Waals surface area (Å²) in [6.07, 6.45) is 3.18. The summed E-state index contributed by atoms with van der Waals surface area (Å²) < 4.78 is 136. The highest BCUT2D eigenvalue weighted by atomic mass is 32.2. The number of hydrogen-bond donors (Lipinski definition) is 3. The molecule has 0 unspecified atom stereocenters. The maximum absolute atomic E-state index is 14.6. The lowest BCUT2D eigenvalue weighted by Gasteiger charge is -2.33.